The van der Waals surface area contributed by atoms with Crippen LogP contribution < -0.4 is 10.6 Å². The lowest BCUT2D eigenvalue weighted by Crippen LogP contribution is -2.40. The molecule has 0 atom stereocenters. The Kier molecular flexibility index (Phi) is 4.92. The summed E-state index contributed by atoms with van der Waals surface area (Å²) in [5.74, 6) is -0.123. The van der Waals surface area contributed by atoms with Gasteiger partial charge < -0.3 is 15.5 Å². The van der Waals surface area contributed by atoms with Gasteiger partial charge in [0.2, 0.25) is 5.91 Å². The highest BCUT2D eigenvalue weighted by Gasteiger charge is 2.18. The summed E-state index contributed by atoms with van der Waals surface area (Å²) < 4.78 is 0. The summed E-state index contributed by atoms with van der Waals surface area (Å²) in [5, 5.41) is 15.8. The van der Waals surface area contributed by atoms with E-state index in [4.69, 9.17) is 0 Å². The molecule has 1 aromatic rings. The molecule has 118 valence electrons. The lowest BCUT2D eigenvalue weighted by Gasteiger charge is -2.15. The number of urea groups is 1. The number of benzene rings is 1. The Labute approximate surface area is 127 Å². The zero-order valence-electron chi connectivity index (χ0n) is 12.3. The Morgan fingerprint density at radius 2 is 2.00 bits per heavy atom. The minimum atomic E-state index is -0.564. The number of hydrogen-bond acceptors (Lipinski definition) is 4. The normalized spacial score (nSPS) is 13.8. The number of hydrogen-bond donors (Lipinski definition) is 2. The first-order chi connectivity index (χ1) is 10.5. The standard InChI is InChI=1S/C14H18N4O4/c1-10-4-5-11(8-12(10)18(21)22)16-14(20)15-9-13(19)17-6-2-3-7-17/h4-5,8H,2-3,6-7,9H2,1H3,(H2,15,16,20). The van der Waals surface area contributed by atoms with E-state index in [-0.39, 0.29) is 18.1 Å². The first kappa shape index (κ1) is 15.7. The Hall–Kier alpha value is -2.64. The Morgan fingerprint density at radius 3 is 2.64 bits per heavy atom. The van der Waals surface area contributed by atoms with Gasteiger partial charge in [-0.15, -0.1) is 0 Å². The minimum absolute atomic E-state index is 0.0639. The molecule has 2 N–H and O–H groups in total. The number of carbonyl (C=O) groups excluding carboxylic acids is 2. The summed E-state index contributed by atoms with van der Waals surface area (Å²) in [6, 6.07) is 3.86. The average Bonchev–Trinajstić information content (AvgIpc) is 3.01. The van der Waals surface area contributed by atoms with Gasteiger partial charge in [-0.05, 0) is 25.8 Å². The highest BCUT2D eigenvalue weighted by molar-refractivity contribution is 5.92. The molecule has 1 aliphatic heterocycles. The number of likely N-dealkylation sites (tertiary alicyclic amines) is 1. The number of nitro benzene ring substituents is 1. The molecule has 22 heavy (non-hydrogen) atoms. The molecule has 2 rings (SSSR count). The Morgan fingerprint density at radius 1 is 1.32 bits per heavy atom. The van der Waals surface area contributed by atoms with Crippen LogP contribution in [0, 0.1) is 17.0 Å². The summed E-state index contributed by atoms with van der Waals surface area (Å²) in [6.45, 7) is 3.00. The SMILES string of the molecule is Cc1ccc(NC(=O)NCC(=O)N2CCCC2)cc1[N+](=O)[O-]. The predicted octanol–water partition coefficient (Wildman–Crippen LogP) is 1.65. The van der Waals surface area contributed by atoms with E-state index in [1.54, 1.807) is 24.0 Å². The number of rotatable bonds is 4. The molecule has 1 heterocycles. The molecule has 3 amide bonds. The minimum Gasteiger partial charge on any atom is -0.341 e. The number of nitro groups is 1. The molecular formula is C14H18N4O4. The lowest BCUT2D eigenvalue weighted by atomic mass is 10.2. The summed E-state index contributed by atoms with van der Waals surface area (Å²) in [4.78, 5) is 35.6. The molecule has 0 radical (unpaired) electrons. The second-order valence-electron chi connectivity index (χ2n) is 5.15. The molecule has 0 unspecified atom stereocenters. The third kappa shape index (κ3) is 3.94. The van der Waals surface area contributed by atoms with Crippen molar-refractivity contribution in [2.24, 2.45) is 0 Å². The van der Waals surface area contributed by atoms with Crippen LogP contribution in [0.15, 0.2) is 18.2 Å². The maximum absolute atomic E-state index is 11.8. The van der Waals surface area contributed by atoms with Crippen LogP contribution in [0.5, 0.6) is 0 Å². The van der Waals surface area contributed by atoms with Crippen LogP contribution >= 0.6 is 0 Å². The van der Waals surface area contributed by atoms with E-state index in [0.29, 0.717) is 11.3 Å². The van der Waals surface area contributed by atoms with Crippen molar-refractivity contribution in [1.29, 1.82) is 0 Å². The fourth-order valence-electron chi connectivity index (χ4n) is 2.29. The van der Waals surface area contributed by atoms with Gasteiger partial charge in [0.05, 0.1) is 11.5 Å². The van der Waals surface area contributed by atoms with Crippen molar-refractivity contribution in [1.82, 2.24) is 10.2 Å². The van der Waals surface area contributed by atoms with E-state index in [2.05, 4.69) is 10.6 Å². The van der Waals surface area contributed by atoms with Crippen LogP contribution in [0.4, 0.5) is 16.2 Å². The van der Waals surface area contributed by atoms with Crippen molar-refractivity contribution in [3.63, 3.8) is 0 Å². The molecule has 1 saturated heterocycles. The predicted molar refractivity (Wildman–Crippen MR) is 80.7 cm³/mol. The van der Waals surface area contributed by atoms with Crippen LogP contribution in [-0.2, 0) is 4.79 Å². The second-order valence-corrected chi connectivity index (χ2v) is 5.15. The molecule has 0 spiro atoms. The van der Waals surface area contributed by atoms with Crippen molar-refractivity contribution in [3.05, 3.63) is 33.9 Å². The van der Waals surface area contributed by atoms with Crippen molar-refractivity contribution in [3.8, 4) is 0 Å². The van der Waals surface area contributed by atoms with Gasteiger partial charge >= 0.3 is 6.03 Å². The highest BCUT2D eigenvalue weighted by atomic mass is 16.6. The highest BCUT2D eigenvalue weighted by Crippen LogP contribution is 2.22. The number of carbonyl (C=O) groups is 2. The van der Waals surface area contributed by atoms with Crippen LogP contribution in [-0.4, -0.2) is 41.4 Å². The summed E-state index contributed by atoms with van der Waals surface area (Å²) in [6.07, 6.45) is 1.98. The molecule has 0 saturated carbocycles. The molecule has 1 aliphatic rings. The zero-order chi connectivity index (χ0) is 16.1. The van der Waals surface area contributed by atoms with Crippen LogP contribution in [0.3, 0.4) is 0 Å². The Balaban J connectivity index is 1.87. The third-order valence-electron chi connectivity index (χ3n) is 3.52. The van der Waals surface area contributed by atoms with E-state index < -0.39 is 11.0 Å². The van der Waals surface area contributed by atoms with Crippen molar-refractivity contribution in [2.75, 3.05) is 25.0 Å². The third-order valence-corrected chi connectivity index (χ3v) is 3.52. The maximum Gasteiger partial charge on any atom is 0.319 e. The van der Waals surface area contributed by atoms with E-state index in [0.717, 1.165) is 25.9 Å². The summed E-state index contributed by atoms with van der Waals surface area (Å²) in [5.41, 5.74) is 0.759. The van der Waals surface area contributed by atoms with Crippen molar-refractivity contribution >= 4 is 23.3 Å². The molecular weight excluding hydrogens is 288 g/mol. The zero-order valence-corrected chi connectivity index (χ0v) is 12.3. The second kappa shape index (κ2) is 6.88. The number of nitrogens with zero attached hydrogens (tertiary/aromatic N) is 2. The summed E-state index contributed by atoms with van der Waals surface area (Å²) >= 11 is 0. The van der Waals surface area contributed by atoms with Gasteiger partial charge in [-0.25, -0.2) is 4.79 Å². The molecule has 0 bridgehead atoms. The molecule has 8 nitrogen and oxygen atoms in total. The van der Waals surface area contributed by atoms with Gasteiger partial charge in [0, 0.05) is 30.4 Å². The monoisotopic (exact) mass is 306 g/mol. The topological polar surface area (TPSA) is 105 Å². The molecule has 0 aliphatic carbocycles. The van der Waals surface area contributed by atoms with E-state index >= 15 is 0 Å². The van der Waals surface area contributed by atoms with Crippen LogP contribution in [0.25, 0.3) is 0 Å². The molecule has 0 aromatic heterocycles. The fourth-order valence-corrected chi connectivity index (χ4v) is 2.29. The Bertz CT molecular complexity index is 597. The van der Waals surface area contributed by atoms with Gasteiger partial charge in [-0.2, -0.15) is 0 Å². The van der Waals surface area contributed by atoms with E-state index in [1.165, 1.54) is 6.07 Å². The van der Waals surface area contributed by atoms with Crippen molar-refractivity contribution < 1.29 is 14.5 Å². The van der Waals surface area contributed by atoms with E-state index in [9.17, 15) is 19.7 Å². The number of aryl methyl sites for hydroxylation is 1. The lowest BCUT2D eigenvalue weighted by molar-refractivity contribution is -0.385. The summed E-state index contributed by atoms with van der Waals surface area (Å²) in [7, 11) is 0. The molecule has 8 heteroatoms. The van der Waals surface area contributed by atoms with Gasteiger partial charge in [-0.3, -0.25) is 14.9 Å². The van der Waals surface area contributed by atoms with Gasteiger partial charge in [0.25, 0.3) is 5.69 Å². The number of anilines is 1. The molecule has 1 aromatic carbocycles. The first-order valence-corrected chi connectivity index (χ1v) is 7.05. The van der Waals surface area contributed by atoms with Crippen molar-refractivity contribution in [2.45, 2.75) is 19.8 Å². The number of amides is 3. The average molecular weight is 306 g/mol. The molecule has 1 fully saturated rings. The van der Waals surface area contributed by atoms with Crippen LogP contribution in [0.2, 0.25) is 0 Å². The quantitative estimate of drug-likeness (QED) is 0.651. The van der Waals surface area contributed by atoms with Crippen LogP contribution in [0.1, 0.15) is 18.4 Å². The van der Waals surface area contributed by atoms with Gasteiger partial charge in [-0.1, -0.05) is 6.07 Å². The first-order valence-electron chi connectivity index (χ1n) is 7.05. The number of nitrogens with one attached hydrogen (secondary N) is 2. The van der Waals surface area contributed by atoms with Gasteiger partial charge in [0.15, 0.2) is 0 Å². The maximum atomic E-state index is 11.8. The largest absolute Gasteiger partial charge is 0.341 e. The van der Waals surface area contributed by atoms with E-state index in [1.807, 2.05) is 0 Å². The fraction of sp³-hybridized carbons (Fsp3) is 0.429. The van der Waals surface area contributed by atoms with Gasteiger partial charge in [0.1, 0.15) is 0 Å². The smallest absolute Gasteiger partial charge is 0.319 e.